The van der Waals surface area contributed by atoms with E-state index in [0.717, 1.165) is 43.0 Å². The second-order valence-corrected chi connectivity index (χ2v) is 8.02. The number of piperazine rings is 1. The molecule has 0 atom stereocenters. The van der Waals surface area contributed by atoms with Crippen molar-refractivity contribution in [3.8, 4) is 23.1 Å². The van der Waals surface area contributed by atoms with Crippen molar-refractivity contribution in [3.05, 3.63) is 77.7 Å². The molecule has 164 valence electrons. The van der Waals surface area contributed by atoms with Crippen LogP contribution < -0.4 is 5.73 Å². The highest BCUT2D eigenvalue weighted by atomic mass is 16.2. The van der Waals surface area contributed by atoms with E-state index in [1.54, 1.807) is 29.0 Å². The van der Waals surface area contributed by atoms with Crippen LogP contribution >= 0.6 is 0 Å². The van der Waals surface area contributed by atoms with Crippen LogP contribution in [-0.2, 0) is 0 Å². The lowest BCUT2D eigenvalue weighted by molar-refractivity contribution is 0.0664. The molecule has 0 saturated carbocycles. The SMILES string of the molecule is CN1CCN(C(=O)c2ccc(-c3ccc4ncc(C#Cc5ccnc(N)c5)n4n3)cc2)CC1. The summed E-state index contributed by atoms with van der Waals surface area (Å²) >= 11 is 0. The Labute approximate surface area is 191 Å². The lowest BCUT2D eigenvalue weighted by Gasteiger charge is -2.32. The molecule has 2 N–H and O–H groups in total. The predicted octanol–water partition coefficient (Wildman–Crippen LogP) is 2.16. The van der Waals surface area contributed by atoms with Crippen molar-refractivity contribution in [3.63, 3.8) is 0 Å². The quantitative estimate of drug-likeness (QED) is 0.483. The first-order valence-corrected chi connectivity index (χ1v) is 10.7. The summed E-state index contributed by atoms with van der Waals surface area (Å²) in [5.74, 6) is 6.68. The zero-order chi connectivity index (χ0) is 22.8. The lowest BCUT2D eigenvalue weighted by atomic mass is 10.1. The first kappa shape index (κ1) is 20.7. The van der Waals surface area contributed by atoms with Crippen molar-refractivity contribution in [1.29, 1.82) is 0 Å². The molecule has 33 heavy (non-hydrogen) atoms. The summed E-state index contributed by atoms with van der Waals surface area (Å²) in [5, 5.41) is 4.72. The summed E-state index contributed by atoms with van der Waals surface area (Å²) < 4.78 is 1.72. The fraction of sp³-hybridized carbons (Fsp3) is 0.200. The smallest absolute Gasteiger partial charge is 0.253 e. The number of hydrogen-bond acceptors (Lipinski definition) is 6. The van der Waals surface area contributed by atoms with Gasteiger partial charge < -0.3 is 15.5 Å². The van der Waals surface area contributed by atoms with Gasteiger partial charge in [0.1, 0.15) is 11.5 Å². The molecule has 1 aromatic carbocycles. The van der Waals surface area contributed by atoms with Crippen LogP contribution in [0.4, 0.5) is 5.82 Å². The minimum absolute atomic E-state index is 0.0713. The number of pyridine rings is 1. The molecule has 1 aliphatic rings. The third kappa shape index (κ3) is 4.40. The minimum Gasteiger partial charge on any atom is -0.384 e. The van der Waals surface area contributed by atoms with E-state index in [1.165, 1.54) is 0 Å². The van der Waals surface area contributed by atoms with Gasteiger partial charge in [-0.25, -0.2) is 14.5 Å². The number of anilines is 1. The van der Waals surface area contributed by atoms with E-state index in [4.69, 9.17) is 10.8 Å². The van der Waals surface area contributed by atoms with Crippen LogP contribution in [0.15, 0.2) is 60.9 Å². The first-order chi connectivity index (χ1) is 16.1. The van der Waals surface area contributed by atoms with E-state index >= 15 is 0 Å². The lowest BCUT2D eigenvalue weighted by Crippen LogP contribution is -2.47. The zero-order valence-electron chi connectivity index (χ0n) is 18.3. The average molecular weight is 438 g/mol. The molecule has 1 saturated heterocycles. The van der Waals surface area contributed by atoms with Crippen LogP contribution in [0, 0.1) is 11.8 Å². The summed E-state index contributed by atoms with van der Waals surface area (Å²) in [6.45, 7) is 3.31. The van der Waals surface area contributed by atoms with Gasteiger partial charge in [-0.05, 0) is 49.4 Å². The largest absolute Gasteiger partial charge is 0.384 e. The highest BCUT2D eigenvalue weighted by Gasteiger charge is 2.20. The number of fused-ring (bicyclic) bond motifs is 1. The Bertz CT molecular complexity index is 1370. The Morgan fingerprint density at radius 1 is 0.970 bits per heavy atom. The number of carbonyl (C=O) groups excluding carboxylic acids is 1. The van der Waals surface area contributed by atoms with Crippen LogP contribution in [-0.4, -0.2) is 68.5 Å². The number of nitrogen functional groups attached to an aromatic ring is 1. The molecule has 5 rings (SSSR count). The molecule has 1 amide bonds. The Morgan fingerprint density at radius 2 is 1.76 bits per heavy atom. The van der Waals surface area contributed by atoms with Gasteiger partial charge in [0.25, 0.3) is 5.91 Å². The molecule has 0 unspecified atom stereocenters. The van der Waals surface area contributed by atoms with E-state index in [1.807, 2.05) is 41.3 Å². The van der Waals surface area contributed by atoms with Gasteiger partial charge in [-0.15, -0.1) is 0 Å². The number of likely N-dealkylation sites (N-methyl/N-ethyl adjacent to an activating group) is 1. The molecule has 8 nitrogen and oxygen atoms in total. The number of aromatic nitrogens is 4. The molecule has 0 aliphatic carbocycles. The summed E-state index contributed by atoms with van der Waals surface area (Å²) in [6.07, 6.45) is 3.32. The molecule has 3 aromatic heterocycles. The first-order valence-electron chi connectivity index (χ1n) is 10.7. The van der Waals surface area contributed by atoms with Crippen molar-refractivity contribution in [2.75, 3.05) is 39.0 Å². The third-order valence-corrected chi connectivity index (χ3v) is 5.70. The van der Waals surface area contributed by atoms with Gasteiger partial charge in [-0.3, -0.25) is 4.79 Å². The minimum atomic E-state index is 0.0713. The summed E-state index contributed by atoms with van der Waals surface area (Å²) in [5.41, 5.74) is 10.3. The second kappa shape index (κ2) is 8.73. The fourth-order valence-electron chi connectivity index (χ4n) is 3.75. The van der Waals surface area contributed by atoms with Crippen molar-refractivity contribution in [2.24, 2.45) is 0 Å². The average Bonchev–Trinajstić information content (AvgIpc) is 3.25. The van der Waals surface area contributed by atoms with Crippen LogP contribution in [0.3, 0.4) is 0 Å². The molecule has 1 aliphatic heterocycles. The number of amides is 1. The van der Waals surface area contributed by atoms with Crippen molar-refractivity contribution in [1.82, 2.24) is 29.4 Å². The molecule has 4 heterocycles. The summed E-state index contributed by atoms with van der Waals surface area (Å²) in [6, 6.07) is 14.9. The summed E-state index contributed by atoms with van der Waals surface area (Å²) in [4.78, 5) is 25.3. The molecule has 0 spiro atoms. The van der Waals surface area contributed by atoms with Gasteiger partial charge in [-0.1, -0.05) is 18.1 Å². The molecular weight excluding hydrogens is 414 g/mol. The normalized spacial score (nSPS) is 14.2. The Balaban J connectivity index is 1.39. The zero-order valence-corrected chi connectivity index (χ0v) is 18.3. The van der Waals surface area contributed by atoms with Crippen LogP contribution in [0.5, 0.6) is 0 Å². The maximum atomic E-state index is 12.8. The Kier molecular flexibility index (Phi) is 5.47. The number of hydrogen-bond donors (Lipinski definition) is 1. The van der Waals surface area contributed by atoms with Crippen LogP contribution in [0.2, 0.25) is 0 Å². The van der Waals surface area contributed by atoms with E-state index in [9.17, 15) is 4.79 Å². The molecule has 1 fully saturated rings. The number of nitrogens with zero attached hydrogens (tertiary/aromatic N) is 6. The number of rotatable bonds is 2. The van der Waals surface area contributed by atoms with Gasteiger partial charge in [0.2, 0.25) is 0 Å². The van der Waals surface area contributed by atoms with Crippen LogP contribution in [0.1, 0.15) is 21.6 Å². The van der Waals surface area contributed by atoms with Gasteiger partial charge >= 0.3 is 0 Å². The van der Waals surface area contributed by atoms with E-state index in [2.05, 4.69) is 33.8 Å². The van der Waals surface area contributed by atoms with Crippen molar-refractivity contribution < 1.29 is 4.79 Å². The molecule has 4 aromatic rings. The highest BCUT2D eigenvalue weighted by molar-refractivity contribution is 5.94. The molecule has 8 heteroatoms. The van der Waals surface area contributed by atoms with Gasteiger partial charge in [0.05, 0.1) is 11.9 Å². The van der Waals surface area contributed by atoms with E-state index < -0.39 is 0 Å². The molecule has 0 radical (unpaired) electrons. The monoisotopic (exact) mass is 437 g/mol. The van der Waals surface area contributed by atoms with Gasteiger partial charge in [0, 0.05) is 49.1 Å². The Hall–Kier alpha value is -4.22. The highest BCUT2D eigenvalue weighted by Crippen LogP contribution is 2.20. The number of carbonyl (C=O) groups is 1. The third-order valence-electron chi connectivity index (χ3n) is 5.70. The standard InChI is InChI=1S/C25H23N7O/c1-30-12-14-31(15-13-30)25(33)20-5-3-19(4-6-20)22-8-9-24-28-17-21(32(24)29-22)7-2-18-10-11-27-23(26)16-18/h3-6,8-11,16-17H,12-15H2,1H3,(H2,26,27). The topological polar surface area (TPSA) is 92.6 Å². The number of nitrogens with two attached hydrogens (primary N) is 1. The summed E-state index contributed by atoms with van der Waals surface area (Å²) in [7, 11) is 2.08. The second-order valence-electron chi connectivity index (χ2n) is 8.02. The molecule has 0 bridgehead atoms. The van der Waals surface area contributed by atoms with Gasteiger partial charge in [-0.2, -0.15) is 5.10 Å². The van der Waals surface area contributed by atoms with Gasteiger partial charge in [0.15, 0.2) is 5.65 Å². The number of imidazole rings is 1. The number of benzene rings is 1. The fourth-order valence-corrected chi connectivity index (χ4v) is 3.75. The maximum absolute atomic E-state index is 12.8. The van der Waals surface area contributed by atoms with Crippen molar-refractivity contribution in [2.45, 2.75) is 0 Å². The predicted molar refractivity (Wildman–Crippen MR) is 126 cm³/mol. The van der Waals surface area contributed by atoms with E-state index in [-0.39, 0.29) is 5.91 Å². The van der Waals surface area contributed by atoms with Crippen molar-refractivity contribution >= 4 is 17.4 Å². The van der Waals surface area contributed by atoms with Crippen LogP contribution in [0.25, 0.3) is 16.9 Å². The maximum Gasteiger partial charge on any atom is 0.253 e. The molecular formula is C25H23N7O. The van der Waals surface area contributed by atoms with E-state index in [0.29, 0.717) is 22.7 Å². The Morgan fingerprint density at radius 3 is 2.52 bits per heavy atom.